The first-order chi connectivity index (χ1) is 13.2. The predicted molar refractivity (Wildman–Crippen MR) is 112 cm³/mol. The molecule has 0 saturated heterocycles. The fraction of sp³-hybridized carbons (Fsp3) is 0.333. The molecule has 0 aromatic heterocycles. The molecule has 2 aromatic rings. The van der Waals surface area contributed by atoms with Crippen molar-refractivity contribution in [2.75, 3.05) is 11.9 Å². The van der Waals surface area contributed by atoms with Gasteiger partial charge in [-0.25, -0.2) is 10.2 Å². The lowest BCUT2D eigenvalue weighted by Crippen LogP contribution is -2.24. The molecule has 5 nitrogen and oxygen atoms in total. The van der Waals surface area contributed by atoms with Gasteiger partial charge < -0.3 is 10.1 Å². The minimum Gasteiger partial charge on any atom is -0.493 e. The van der Waals surface area contributed by atoms with Crippen LogP contribution in [0.3, 0.4) is 0 Å². The summed E-state index contributed by atoms with van der Waals surface area (Å²) in [5, 5.41) is 7.21. The van der Waals surface area contributed by atoms with Gasteiger partial charge in [-0.05, 0) is 36.8 Å². The van der Waals surface area contributed by atoms with E-state index in [0.29, 0.717) is 17.3 Å². The van der Waals surface area contributed by atoms with Gasteiger partial charge in [0, 0.05) is 16.3 Å². The molecule has 0 aliphatic rings. The number of amides is 2. The molecule has 0 atom stereocenters. The first-order valence-electron chi connectivity index (χ1n) is 9.26. The summed E-state index contributed by atoms with van der Waals surface area (Å²) in [4.78, 5) is 11.9. The van der Waals surface area contributed by atoms with Gasteiger partial charge in [-0.3, -0.25) is 0 Å². The molecular weight excluding hydrogens is 362 g/mol. The number of urea groups is 1. The molecule has 2 N–H and O–H groups in total. The van der Waals surface area contributed by atoms with Crippen LogP contribution in [0.15, 0.2) is 53.6 Å². The SMILES string of the molecule is CCCCCCCOc1ccccc1/C=N\NC(=O)Nc1cccc(Cl)c1. The Morgan fingerprint density at radius 2 is 1.93 bits per heavy atom. The Labute approximate surface area is 165 Å². The number of carbonyl (C=O) groups excluding carboxylic acids is 1. The molecule has 6 heteroatoms. The molecule has 0 spiro atoms. The number of anilines is 1. The number of hydrogen-bond donors (Lipinski definition) is 2. The van der Waals surface area contributed by atoms with Gasteiger partial charge in [-0.2, -0.15) is 5.10 Å². The summed E-state index contributed by atoms with van der Waals surface area (Å²) in [7, 11) is 0. The highest BCUT2D eigenvalue weighted by molar-refractivity contribution is 6.30. The molecule has 0 unspecified atom stereocenters. The summed E-state index contributed by atoms with van der Waals surface area (Å²) >= 11 is 5.89. The number of nitrogens with zero attached hydrogens (tertiary/aromatic N) is 1. The summed E-state index contributed by atoms with van der Waals surface area (Å²) in [5.41, 5.74) is 3.85. The van der Waals surface area contributed by atoms with Crippen LogP contribution in [-0.4, -0.2) is 18.9 Å². The van der Waals surface area contributed by atoms with Crippen molar-refractivity contribution >= 4 is 29.5 Å². The molecule has 0 aliphatic heterocycles. The molecule has 0 fully saturated rings. The third kappa shape index (κ3) is 8.13. The summed E-state index contributed by atoms with van der Waals surface area (Å²) in [6, 6.07) is 14.1. The maximum Gasteiger partial charge on any atom is 0.339 e. The molecule has 0 radical (unpaired) electrons. The van der Waals surface area contributed by atoms with E-state index in [0.717, 1.165) is 17.7 Å². The van der Waals surface area contributed by atoms with Crippen molar-refractivity contribution in [3.8, 4) is 5.75 Å². The maximum absolute atomic E-state index is 11.9. The third-order valence-electron chi connectivity index (χ3n) is 3.88. The van der Waals surface area contributed by atoms with Crippen molar-refractivity contribution in [1.82, 2.24) is 5.43 Å². The molecule has 27 heavy (non-hydrogen) atoms. The Kier molecular flexibility index (Phi) is 9.21. The van der Waals surface area contributed by atoms with E-state index >= 15 is 0 Å². The van der Waals surface area contributed by atoms with Crippen LogP contribution in [0.1, 0.15) is 44.6 Å². The van der Waals surface area contributed by atoms with Crippen molar-refractivity contribution < 1.29 is 9.53 Å². The van der Waals surface area contributed by atoms with Crippen LogP contribution in [0.5, 0.6) is 5.75 Å². The molecule has 2 rings (SSSR count). The van der Waals surface area contributed by atoms with Gasteiger partial charge in [0.05, 0.1) is 12.8 Å². The number of para-hydroxylation sites is 1. The Morgan fingerprint density at radius 1 is 1.11 bits per heavy atom. The number of benzene rings is 2. The molecule has 0 aliphatic carbocycles. The second-order valence-electron chi connectivity index (χ2n) is 6.13. The first kappa shape index (κ1) is 20.8. The molecule has 0 saturated carbocycles. The quantitative estimate of drug-likeness (QED) is 0.305. The van der Waals surface area contributed by atoms with E-state index in [9.17, 15) is 4.79 Å². The highest BCUT2D eigenvalue weighted by Crippen LogP contribution is 2.17. The Hall–Kier alpha value is -2.53. The lowest BCUT2D eigenvalue weighted by atomic mass is 10.2. The van der Waals surface area contributed by atoms with Crippen LogP contribution in [0.2, 0.25) is 5.02 Å². The average Bonchev–Trinajstić information content (AvgIpc) is 2.65. The molecule has 144 valence electrons. The minimum absolute atomic E-state index is 0.442. The summed E-state index contributed by atoms with van der Waals surface area (Å²) in [6.45, 7) is 2.88. The number of nitrogens with one attached hydrogen (secondary N) is 2. The lowest BCUT2D eigenvalue weighted by Gasteiger charge is -2.09. The largest absolute Gasteiger partial charge is 0.493 e. The van der Waals surface area contributed by atoms with Crippen LogP contribution in [0.4, 0.5) is 10.5 Å². The van der Waals surface area contributed by atoms with Gasteiger partial charge in [0.25, 0.3) is 0 Å². The van der Waals surface area contributed by atoms with Gasteiger partial charge >= 0.3 is 6.03 Å². The zero-order valence-corrected chi connectivity index (χ0v) is 16.3. The highest BCUT2D eigenvalue weighted by atomic mass is 35.5. The Balaban J connectivity index is 1.81. The second kappa shape index (κ2) is 12.0. The zero-order chi connectivity index (χ0) is 19.3. The number of hydrazone groups is 1. The van der Waals surface area contributed by atoms with Crippen LogP contribution in [0.25, 0.3) is 0 Å². The molecule has 2 aromatic carbocycles. The smallest absolute Gasteiger partial charge is 0.339 e. The van der Waals surface area contributed by atoms with E-state index < -0.39 is 6.03 Å². The number of carbonyl (C=O) groups is 1. The van der Waals surface area contributed by atoms with Crippen LogP contribution in [-0.2, 0) is 0 Å². The second-order valence-corrected chi connectivity index (χ2v) is 6.57. The van der Waals surface area contributed by atoms with Gasteiger partial charge in [0.2, 0.25) is 0 Å². The molecule has 0 bridgehead atoms. The van der Waals surface area contributed by atoms with Gasteiger partial charge in [-0.1, -0.05) is 62.4 Å². The van der Waals surface area contributed by atoms with E-state index in [1.165, 1.54) is 25.7 Å². The summed E-state index contributed by atoms with van der Waals surface area (Å²) in [5.74, 6) is 0.758. The lowest BCUT2D eigenvalue weighted by molar-refractivity contribution is 0.252. The van der Waals surface area contributed by atoms with Crippen molar-refractivity contribution in [2.45, 2.75) is 39.0 Å². The standard InChI is InChI=1S/C21H26ClN3O2/c1-2-3-4-5-8-14-27-20-13-7-6-10-17(20)16-23-25-21(26)24-19-12-9-11-18(22)15-19/h6-7,9-13,15-16H,2-5,8,14H2,1H3,(H2,24,25,26)/b23-16-. The number of rotatable bonds is 10. The average molecular weight is 388 g/mol. The maximum atomic E-state index is 11.9. The number of hydrogen-bond acceptors (Lipinski definition) is 3. The van der Waals surface area contributed by atoms with E-state index in [1.807, 2.05) is 24.3 Å². The first-order valence-corrected chi connectivity index (χ1v) is 9.64. The molecular formula is C21H26ClN3O2. The minimum atomic E-state index is -0.442. The van der Waals surface area contributed by atoms with E-state index in [-0.39, 0.29) is 0 Å². The van der Waals surface area contributed by atoms with Crippen molar-refractivity contribution in [1.29, 1.82) is 0 Å². The highest BCUT2D eigenvalue weighted by Gasteiger charge is 2.02. The predicted octanol–water partition coefficient (Wildman–Crippen LogP) is 5.84. The van der Waals surface area contributed by atoms with Crippen molar-refractivity contribution in [3.63, 3.8) is 0 Å². The van der Waals surface area contributed by atoms with E-state index in [2.05, 4.69) is 22.8 Å². The van der Waals surface area contributed by atoms with Gasteiger partial charge in [0.15, 0.2) is 0 Å². The number of halogens is 1. The fourth-order valence-electron chi connectivity index (χ4n) is 2.49. The van der Waals surface area contributed by atoms with E-state index in [1.54, 1.807) is 30.5 Å². The van der Waals surface area contributed by atoms with Gasteiger partial charge in [-0.15, -0.1) is 0 Å². The monoisotopic (exact) mass is 387 g/mol. The van der Waals surface area contributed by atoms with Crippen LogP contribution < -0.4 is 15.5 Å². The zero-order valence-electron chi connectivity index (χ0n) is 15.6. The normalized spacial score (nSPS) is 10.7. The fourth-order valence-corrected chi connectivity index (χ4v) is 2.68. The van der Waals surface area contributed by atoms with Crippen LogP contribution in [0, 0.1) is 0 Å². The molecule has 0 heterocycles. The number of unbranched alkanes of at least 4 members (excludes halogenated alkanes) is 4. The summed E-state index contributed by atoms with van der Waals surface area (Å²) in [6.07, 6.45) is 7.53. The summed E-state index contributed by atoms with van der Waals surface area (Å²) < 4.78 is 5.85. The van der Waals surface area contributed by atoms with Crippen molar-refractivity contribution in [2.24, 2.45) is 5.10 Å². The van der Waals surface area contributed by atoms with Crippen LogP contribution >= 0.6 is 11.6 Å². The molecule has 2 amide bonds. The number of ether oxygens (including phenoxy) is 1. The van der Waals surface area contributed by atoms with E-state index in [4.69, 9.17) is 16.3 Å². The Morgan fingerprint density at radius 3 is 2.74 bits per heavy atom. The Bertz CT molecular complexity index is 750. The van der Waals surface area contributed by atoms with Gasteiger partial charge in [0.1, 0.15) is 5.75 Å². The third-order valence-corrected chi connectivity index (χ3v) is 4.11. The topological polar surface area (TPSA) is 62.7 Å². The van der Waals surface area contributed by atoms with Crippen molar-refractivity contribution in [3.05, 3.63) is 59.1 Å².